The van der Waals surface area contributed by atoms with E-state index in [2.05, 4.69) is 35.2 Å². The van der Waals surface area contributed by atoms with Gasteiger partial charge in [-0.05, 0) is 30.4 Å². The molecular weight excluding hydrogens is 269 g/mol. The molecule has 2 aromatic rings. The molecule has 21 heavy (non-hydrogen) atoms. The van der Waals surface area contributed by atoms with E-state index in [-0.39, 0.29) is 23.2 Å². The Bertz CT molecular complexity index is 717. The van der Waals surface area contributed by atoms with Crippen molar-refractivity contribution in [2.24, 2.45) is 5.41 Å². The van der Waals surface area contributed by atoms with Gasteiger partial charge >= 0.3 is 0 Å². The number of H-pyrrole nitrogens is 1. The van der Waals surface area contributed by atoms with Gasteiger partial charge in [0, 0.05) is 12.2 Å². The quantitative estimate of drug-likeness (QED) is 0.833. The first-order valence-electron chi connectivity index (χ1n) is 7.08. The number of halogens is 1. The molecule has 0 radical (unpaired) electrons. The first-order valence-corrected chi connectivity index (χ1v) is 7.08. The average Bonchev–Trinajstić information content (AvgIpc) is 2.87. The summed E-state index contributed by atoms with van der Waals surface area (Å²) in [7, 11) is 0. The lowest BCUT2D eigenvalue weighted by Gasteiger charge is -2.28. The Labute approximate surface area is 122 Å². The maximum Gasteiger partial charge on any atom is 0.268 e. The van der Waals surface area contributed by atoms with E-state index in [4.69, 9.17) is 0 Å². The zero-order chi connectivity index (χ0) is 15.0. The maximum absolute atomic E-state index is 13.6. The van der Waals surface area contributed by atoms with E-state index in [1.54, 1.807) is 0 Å². The Hall–Kier alpha value is -2.17. The first-order chi connectivity index (χ1) is 9.94. The summed E-state index contributed by atoms with van der Waals surface area (Å²) in [4.78, 5) is 19.1. The minimum atomic E-state index is -0.380. The molecule has 0 fully saturated rings. The van der Waals surface area contributed by atoms with Crippen LogP contribution in [0.4, 0.5) is 4.39 Å². The van der Waals surface area contributed by atoms with Crippen LogP contribution in [0, 0.1) is 11.2 Å². The Morgan fingerprint density at radius 2 is 2.33 bits per heavy atom. The summed E-state index contributed by atoms with van der Waals surface area (Å²) in [6.45, 7) is 4.35. The van der Waals surface area contributed by atoms with Crippen LogP contribution in [0.25, 0.3) is 11.0 Å². The molecule has 0 saturated heterocycles. The van der Waals surface area contributed by atoms with Gasteiger partial charge in [-0.2, -0.15) is 0 Å². The second-order valence-electron chi connectivity index (χ2n) is 6.20. The van der Waals surface area contributed by atoms with Crippen molar-refractivity contribution < 1.29 is 9.18 Å². The summed E-state index contributed by atoms with van der Waals surface area (Å²) in [5.74, 6) is -0.614. The van der Waals surface area contributed by atoms with Crippen LogP contribution in [0.15, 0.2) is 30.5 Å². The molecule has 0 aromatic carbocycles. The molecule has 0 bridgehead atoms. The van der Waals surface area contributed by atoms with Gasteiger partial charge in [-0.25, -0.2) is 9.37 Å². The molecule has 0 spiro atoms. The molecule has 1 aliphatic carbocycles. The Morgan fingerprint density at radius 1 is 1.52 bits per heavy atom. The lowest BCUT2D eigenvalue weighted by atomic mass is 9.81. The predicted octanol–water partition coefficient (Wildman–Crippen LogP) is 3.18. The van der Waals surface area contributed by atoms with Crippen molar-refractivity contribution in [3.63, 3.8) is 0 Å². The SMILES string of the molecule is CC1(C)C=CC(NC(=O)c2cc3c(F)ccnc3[nH]2)CC1. The van der Waals surface area contributed by atoms with Crippen molar-refractivity contribution in [1.82, 2.24) is 15.3 Å². The van der Waals surface area contributed by atoms with Crippen LogP contribution in [0.2, 0.25) is 0 Å². The van der Waals surface area contributed by atoms with Crippen LogP contribution < -0.4 is 5.32 Å². The van der Waals surface area contributed by atoms with Crippen molar-refractivity contribution in [2.45, 2.75) is 32.7 Å². The molecule has 4 nitrogen and oxygen atoms in total. The van der Waals surface area contributed by atoms with Crippen LogP contribution in [-0.2, 0) is 0 Å². The number of amides is 1. The fourth-order valence-corrected chi connectivity index (χ4v) is 2.57. The van der Waals surface area contributed by atoms with Gasteiger partial charge in [-0.1, -0.05) is 26.0 Å². The maximum atomic E-state index is 13.6. The van der Waals surface area contributed by atoms with Crippen LogP contribution in [0.3, 0.4) is 0 Å². The molecule has 0 aliphatic heterocycles. The highest BCUT2D eigenvalue weighted by Crippen LogP contribution is 2.29. The summed E-state index contributed by atoms with van der Waals surface area (Å²) < 4.78 is 13.6. The van der Waals surface area contributed by atoms with Gasteiger partial charge in [0.2, 0.25) is 0 Å². The van der Waals surface area contributed by atoms with E-state index in [0.29, 0.717) is 16.7 Å². The largest absolute Gasteiger partial charge is 0.345 e. The number of rotatable bonds is 2. The second-order valence-corrected chi connectivity index (χ2v) is 6.20. The molecule has 0 saturated carbocycles. The normalized spacial score (nSPS) is 20.6. The standard InChI is InChI=1S/C16H18FN3O/c1-16(2)6-3-10(4-7-16)19-15(21)13-9-11-12(17)5-8-18-14(11)20-13/h3,5-6,8-10H,4,7H2,1-2H3,(H,18,20)(H,19,21). The number of carbonyl (C=O) groups is 1. The second kappa shape index (κ2) is 4.98. The van der Waals surface area contributed by atoms with Crippen LogP contribution in [-0.4, -0.2) is 21.9 Å². The monoisotopic (exact) mass is 287 g/mol. The Kier molecular flexibility index (Phi) is 3.27. The van der Waals surface area contributed by atoms with Gasteiger partial charge in [0.15, 0.2) is 0 Å². The summed E-state index contributed by atoms with van der Waals surface area (Å²) in [5, 5.41) is 3.28. The smallest absolute Gasteiger partial charge is 0.268 e. The van der Waals surface area contributed by atoms with E-state index in [9.17, 15) is 9.18 Å². The lowest BCUT2D eigenvalue weighted by molar-refractivity contribution is 0.0935. The highest BCUT2D eigenvalue weighted by Gasteiger charge is 2.23. The molecule has 1 aliphatic rings. The number of carbonyl (C=O) groups excluding carboxylic acids is 1. The summed E-state index contributed by atoms with van der Waals surface area (Å²) >= 11 is 0. The van der Waals surface area contributed by atoms with E-state index in [1.165, 1.54) is 18.3 Å². The van der Waals surface area contributed by atoms with E-state index >= 15 is 0 Å². The zero-order valence-corrected chi connectivity index (χ0v) is 12.1. The highest BCUT2D eigenvalue weighted by molar-refractivity contribution is 5.97. The molecule has 2 aromatic heterocycles. The van der Waals surface area contributed by atoms with Crippen LogP contribution in [0.1, 0.15) is 37.2 Å². The molecule has 1 atom stereocenters. The Balaban J connectivity index is 1.77. The lowest BCUT2D eigenvalue weighted by Crippen LogP contribution is -2.36. The molecule has 1 unspecified atom stereocenters. The zero-order valence-electron chi connectivity index (χ0n) is 12.1. The first kappa shape index (κ1) is 13.8. The Morgan fingerprint density at radius 3 is 3.00 bits per heavy atom. The van der Waals surface area contributed by atoms with Crippen molar-refractivity contribution in [3.05, 3.63) is 42.0 Å². The average molecular weight is 287 g/mol. The summed E-state index contributed by atoms with van der Waals surface area (Å²) in [6, 6.07) is 2.81. The number of fused-ring (bicyclic) bond motifs is 1. The number of nitrogens with zero attached hydrogens (tertiary/aromatic N) is 1. The molecule has 2 N–H and O–H groups in total. The molecule has 5 heteroatoms. The van der Waals surface area contributed by atoms with Crippen molar-refractivity contribution in [2.75, 3.05) is 0 Å². The van der Waals surface area contributed by atoms with Crippen molar-refractivity contribution >= 4 is 16.9 Å². The van der Waals surface area contributed by atoms with Crippen molar-refractivity contribution in [3.8, 4) is 0 Å². The predicted molar refractivity (Wildman–Crippen MR) is 79.5 cm³/mol. The molecule has 1 amide bonds. The van der Waals surface area contributed by atoms with E-state index in [0.717, 1.165) is 12.8 Å². The summed E-state index contributed by atoms with van der Waals surface area (Å²) in [5.41, 5.74) is 0.913. The highest BCUT2D eigenvalue weighted by atomic mass is 19.1. The van der Waals surface area contributed by atoms with E-state index in [1.807, 2.05) is 6.08 Å². The van der Waals surface area contributed by atoms with Crippen LogP contribution in [0.5, 0.6) is 0 Å². The van der Waals surface area contributed by atoms with Gasteiger partial charge in [-0.3, -0.25) is 4.79 Å². The van der Waals surface area contributed by atoms with Gasteiger partial charge in [0.25, 0.3) is 5.91 Å². The number of aromatic nitrogens is 2. The number of hydrogen-bond donors (Lipinski definition) is 2. The fraction of sp³-hybridized carbons (Fsp3) is 0.375. The number of allylic oxidation sites excluding steroid dienone is 1. The number of nitrogens with one attached hydrogen (secondary N) is 2. The third kappa shape index (κ3) is 2.82. The number of pyridine rings is 1. The topological polar surface area (TPSA) is 57.8 Å². The van der Waals surface area contributed by atoms with Crippen LogP contribution >= 0.6 is 0 Å². The minimum Gasteiger partial charge on any atom is -0.345 e. The van der Waals surface area contributed by atoms with Gasteiger partial charge < -0.3 is 10.3 Å². The molecule has 110 valence electrons. The molecule has 2 heterocycles. The third-order valence-electron chi connectivity index (χ3n) is 3.92. The number of aromatic amines is 1. The summed E-state index contributed by atoms with van der Waals surface area (Å²) in [6.07, 6.45) is 7.47. The minimum absolute atomic E-state index is 0.0229. The molecular formula is C16H18FN3O. The third-order valence-corrected chi connectivity index (χ3v) is 3.92. The van der Waals surface area contributed by atoms with Crippen molar-refractivity contribution in [1.29, 1.82) is 0 Å². The van der Waals surface area contributed by atoms with Gasteiger partial charge in [0.1, 0.15) is 17.2 Å². The fourth-order valence-electron chi connectivity index (χ4n) is 2.57. The number of hydrogen-bond acceptors (Lipinski definition) is 2. The molecule has 3 rings (SSSR count). The van der Waals surface area contributed by atoms with Gasteiger partial charge in [0.05, 0.1) is 5.39 Å². The van der Waals surface area contributed by atoms with E-state index < -0.39 is 0 Å². The van der Waals surface area contributed by atoms with Gasteiger partial charge in [-0.15, -0.1) is 0 Å².